The van der Waals surface area contributed by atoms with Crippen molar-refractivity contribution in [3.05, 3.63) is 66.1 Å². The predicted octanol–water partition coefficient (Wildman–Crippen LogP) is 3.96. The highest BCUT2D eigenvalue weighted by atomic mass is 19.4. The molecule has 0 atom stereocenters. The standard InChI is InChI=1S/C22H16F3N5O3/c23-22(24,25)33-18-3-1-17(2-4-18)29-21(31)16-8-19(15-7-14(9-26)10-27-11-15)20(28-12-16)30-5-6-32-13-30/h1-4,7-8,10-12H,5-6,13H2,(H,29,31). The molecule has 3 aromatic rings. The number of aromatic nitrogens is 2. The summed E-state index contributed by atoms with van der Waals surface area (Å²) in [6.07, 6.45) is -0.403. The molecule has 1 amide bonds. The number of amides is 1. The van der Waals surface area contributed by atoms with Crippen molar-refractivity contribution in [2.75, 3.05) is 30.1 Å². The number of nitrogens with zero attached hydrogens (tertiary/aromatic N) is 4. The van der Waals surface area contributed by atoms with Crippen molar-refractivity contribution in [1.29, 1.82) is 5.26 Å². The van der Waals surface area contributed by atoms with Crippen LogP contribution in [0.15, 0.2) is 55.0 Å². The van der Waals surface area contributed by atoms with E-state index in [1.54, 1.807) is 18.3 Å². The van der Waals surface area contributed by atoms with Gasteiger partial charge in [0.1, 0.15) is 24.4 Å². The molecule has 1 saturated heterocycles. The molecule has 0 aliphatic carbocycles. The van der Waals surface area contributed by atoms with E-state index in [1.807, 2.05) is 11.0 Å². The van der Waals surface area contributed by atoms with Gasteiger partial charge in [-0.3, -0.25) is 9.78 Å². The molecular weight excluding hydrogens is 439 g/mol. The van der Waals surface area contributed by atoms with Crippen LogP contribution in [-0.4, -0.2) is 42.1 Å². The molecule has 168 valence electrons. The maximum absolute atomic E-state index is 12.8. The summed E-state index contributed by atoms with van der Waals surface area (Å²) >= 11 is 0. The minimum absolute atomic E-state index is 0.215. The monoisotopic (exact) mass is 455 g/mol. The molecule has 11 heteroatoms. The molecular formula is C22H16F3N5O3. The summed E-state index contributed by atoms with van der Waals surface area (Å²) in [5, 5.41) is 11.8. The molecule has 1 aliphatic heterocycles. The zero-order valence-electron chi connectivity index (χ0n) is 17.0. The number of nitrogens with one attached hydrogen (secondary N) is 1. The van der Waals surface area contributed by atoms with Gasteiger partial charge < -0.3 is 19.7 Å². The lowest BCUT2D eigenvalue weighted by Crippen LogP contribution is -2.21. The molecule has 0 unspecified atom stereocenters. The SMILES string of the molecule is N#Cc1cncc(-c2cc(C(=O)Nc3ccc(OC(F)(F)F)cc3)cnc2N2CCOC2)c1. The normalized spacial score (nSPS) is 13.5. The third-order valence-electron chi connectivity index (χ3n) is 4.71. The fraction of sp³-hybridized carbons (Fsp3) is 0.182. The average Bonchev–Trinajstić information content (AvgIpc) is 3.34. The first-order chi connectivity index (χ1) is 15.8. The second-order valence-corrected chi connectivity index (χ2v) is 7.00. The summed E-state index contributed by atoms with van der Waals surface area (Å²) in [7, 11) is 0. The van der Waals surface area contributed by atoms with E-state index in [1.165, 1.54) is 24.5 Å². The third-order valence-corrected chi connectivity index (χ3v) is 4.71. The van der Waals surface area contributed by atoms with Crippen LogP contribution in [0, 0.1) is 11.3 Å². The molecule has 0 radical (unpaired) electrons. The van der Waals surface area contributed by atoms with E-state index in [4.69, 9.17) is 4.74 Å². The highest BCUT2D eigenvalue weighted by Crippen LogP contribution is 2.31. The Hall–Kier alpha value is -4.17. The lowest BCUT2D eigenvalue weighted by Gasteiger charge is -2.19. The van der Waals surface area contributed by atoms with Crippen molar-refractivity contribution >= 4 is 17.4 Å². The Morgan fingerprint density at radius 3 is 2.64 bits per heavy atom. The Morgan fingerprint density at radius 2 is 1.97 bits per heavy atom. The topological polar surface area (TPSA) is 100 Å². The summed E-state index contributed by atoms with van der Waals surface area (Å²) in [6.45, 7) is 1.49. The van der Waals surface area contributed by atoms with Crippen LogP contribution in [0.3, 0.4) is 0 Å². The van der Waals surface area contributed by atoms with Crippen LogP contribution < -0.4 is 15.0 Å². The summed E-state index contributed by atoms with van der Waals surface area (Å²) in [6, 6.07) is 10.1. The molecule has 3 heterocycles. The number of hydrogen-bond acceptors (Lipinski definition) is 7. The molecule has 1 N–H and O–H groups in total. The molecule has 1 aliphatic rings. The second-order valence-electron chi connectivity index (χ2n) is 7.00. The maximum atomic E-state index is 12.8. The number of hydrogen-bond donors (Lipinski definition) is 1. The van der Waals surface area contributed by atoms with Crippen molar-refractivity contribution in [3.8, 4) is 22.9 Å². The number of carbonyl (C=O) groups is 1. The van der Waals surface area contributed by atoms with Gasteiger partial charge in [0, 0.05) is 41.9 Å². The number of rotatable bonds is 5. The molecule has 0 saturated carbocycles. The minimum Gasteiger partial charge on any atom is -0.406 e. The summed E-state index contributed by atoms with van der Waals surface area (Å²) in [5.41, 5.74) is 2.04. The van der Waals surface area contributed by atoms with Crippen LogP contribution in [0.25, 0.3) is 11.1 Å². The predicted molar refractivity (Wildman–Crippen MR) is 111 cm³/mol. The summed E-state index contributed by atoms with van der Waals surface area (Å²) in [5.74, 6) is -0.331. The van der Waals surface area contributed by atoms with E-state index in [0.717, 1.165) is 12.1 Å². The molecule has 4 rings (SSSR count). The molecule has 33 heavy (non-hydrogen) atoms. The number of nitriles is 1. The largest absolute Gasteiger partial charge is 0.573 e. The van der Waals surface area contributed by atoms with Crippen molar-refractivity contribution in [2.45, 2.75) is 6.36 Å². The van der Waals surface area contributed by atoms with Gasteiger partial charge in [0.15, 0.2) is 0 Å². The van der Waals surface area contributed by atoms with E-state index in [9.17, 15) is 23.2 Å². The fourth-order valence-corrected chi connectivity index (χ4v) is 3.22. The van der Waals surface area contributed by atoms with Gasteiger partial charge in [-0.1, -0.05) is 0 Å². The highest BCUT2D eigenvalue weighted by Gasteiger charge is 2.31. The van der Waals surface area contributed by atoms with Crippen molar-refractivity contribution in [3.63, 3.8) is 0 Å². The van der Waals surface area contributed by atoms with Gasteiger partial charge in [-0.15, -0.1) is 13.2 Å². The van der Waals surface area contributed by atoms with E-state index in [2.05, 4.69) is 20.0 Å². The van der Waals surface area contributed by atoms with Crippen LogP contribution in [0.2, 0.25) is 0 Å². The lowest BCUT2D eigenvalue weighted by molar-refractivity contribution is -0.274. The van der Waals surface area contributed by atoms with Gasteiger partial charge in [-0.05, 0) is 36.4 Å². The Balaban J connectivity index is 1.61. The Labute approximate surface area is 186 Å². The van der Waals surface area contributed by atoms with E-state index < -0.39 is 18.0 Å². The van der Waals surface area contributed by atoms with Crippen molar-refractivity contribution < 1.29 is 27.4 Å². The van der Waals surface area contributed by atoms with Crippen LogP contribution >= 0.6 is 0 Å². The summed E-state index contributed by atoms with van der Waals surface area (Å²) in [4.78, 5) is 23.2. The summed E-state index contributed by atoms with van der Waals surface area (Å²) < 4.78 is 46.2. The third kappa shape index (κ3) is 5.36. The smallest absolute Gasteiger partial charge is 0.406 e. The molecule has 1 aromatic carbocycles. The quantitative estimate of drug-likeness (QED) is 0.622. The number of halogens is 3. The zero-order valence-corrected chi connectivity index (χ0v) is 17.0. The van der Waals surface area contributed by atoms with Gasteiger partial charge in [0.05, 0.1) is 17.7 Å². The number of anilines is 2. The van der Waals surface area contributed by atoms with Crippen LogP contribution in [-0.2, 0) is 4.74 Å². The van der Waals surface area contributed by atoms with Gasteiger partial charge >= 0.3 is 6.36 Å². The first kappa shape index (κ1) is 22.0. The van der Waals surface area contributed by atoms with Crippen LogP contribution in [0.4, 0.5) is 24.7 Å². The van der Waals surface area contributed by atoms with Crippen LogP contribution in [0.5, 0.6) is 5.75 Å². The number of alkyl halides is 3. The fourth-order valence-electron chi connectivity index (χ4n) is 3.22. The van der Waals surface area contributed by atoms with Gasteiger partial charge in [0.2, 0.25) is 0 Å². The Kier molecular flexibility index (Phi) is 6.10. The van der Waals surface area contributed by atoms with E-state index in [0.29, 0.717) is 42.4 Å². The van der Waals surface area contributed by atoms with Crippen molar-refractivity contribution in [2.24, 2.45) is 0 Å². The van der Waals surface area contributed by atoms with Gasteiger partial charge in [-0.25, -0.2) is 4.98 Å². The minimum atomic E-state index is -4.80. The lowest BCUT2D eigenvalue weighted by atomic mass is 10.0. The van der Waals surface area contributed by atoms with E-state index >= 15 is 0 Å². The molecule has 2 aromatic heterocycles. The second kappa shape index (κ2) is 9.13. The van der Waals surface area contributed by atoms with Crippen LogP contribution in [0.1, 0.15) is 15.9 Å². The van der Waals surface area contributed by atoms with E-state index in [-0.39, 0.29) is 11.3 Å². The number of benzene rings is 1. The molecule has 8 nitrogen and oxygen atoms in total. The first-order valence-electron chi connectivity index (χ1n) is 9.68. The number of pyridine rings is 2. The molecule has 0 bridgehead atoms. The van der Waals surface area contributed by atoms with Gasteiger partial charge in [0.25, 0.3) is 5.91 Å². The van der Waals surface area contributed by atoms with Crippen molar-refractivity contribution in [1.82, 2.24) is 9.97 Å². The Bertz CT molecular complexity index is 1200. The average molecular weight is 455 g/mol. The Morgan fingerprint density at radius 1 is 1.18 bits per heavy atom. The zero-order chi connectivity index (χ0) is 23.4. The molecule has 1 fully saturated rings. The highest BCUT2D eigenvalue weighted by molar-refractivity contribution is 6.05. The maximum Gasteiger partial charge on any atom is 0.573 e. The number of carbonyl (C=O) groups excluding carboxylic acids is 1. The number of ether oxygens (including phenoxy) is 2. The van der Waals surface area contributed by atoms with Gasteiger partial charge in [-0.2, -0.15) is 5.26 Å². The first-order valence-corrected chi connectivity index (χ1v) is 9.68. The molecule has 0 spiro atoms.